The smallest absolute Gasteiger partial charge is 0.347 e. The molecule has 0 aliphatic carbocycles. The number of aryl methyl sites for hydroxylation is 1. The number of hydrogen-bond acceptors (Lipinski definition) is 3. The molecule has 140 valence electrons. The fraction of sp³-hybridized carbons (Fsp3) is 0.200. The van der Waals surface area contributed by atoms with Gasteiger partial charge in [-0.2, -0.15) is 18.4 Å². The molecule has 0 aliphatic heterocycles. The molecule has 0 bridgehead atoms. The molecule has 0 radical (unpaired) electrons. The lowest BCUT2D eigenvalue weighted by Crippen LogP contribution is -2.22. The molecule has 1 N–H and O–H groups in total. The molecule has 0 heterocycles. The van der Waals surface area contributed by atoms with Crippen molar-refractivity contribution in [2.75, 3.05) is 16.8 Å². The van der Waals surface area contributed by atoms with Crippen molar-refractivity contribution in [1.29, 1.82) is 5.26 Å². The number of amides is 1. The summed E-state index contributed by atoms with van der Waals surface area (Å²) >= 11 is 0. The van der Waals surface area contributed by atoms with Gasteiger partial charge in [0.2, 0.25) is 0 Å². The molecule has 2 aromatic carbocycles. The van der Waals surface area contributed by atoms with E-state index in [9.17, 15) is 23.2 Å². The second kappa shape index (κ2) is 8.41. The van der Waals surface area contributed by atoms with Gasteiger partial charge in [-0.05, 0) is 43.7 Å². The Kier molecular flexibility index (Phi) is 6.24. The molecule has 0 fully saturated rings. The van der Waals surface area contributed by atoms with E-state index in [-0.39, 0.29) is 5.57 Å². The summed E-state index contributed by atoms with van der Waals surface area (Å²) in [5, 5.41) is 11.5. The maximum Gasteiger partial charge on any atom is 0.418 e. The normalized spacial score (nSPS) is 11.6. The third-order valence-electron chi connectivity index (χ3n) is 3.80. The van der Waals surface area contributed by atoms with E-state index >= 15 is 0 Å². The number of anilines is 2. The zero-order chi connectivity index (χ0) is 20.0. The standard InChI is InChI=1S/C20H18F3N3O/c1-3-26(16-8-6-7-14(2)11-16)13-15(12-24)19(27)25-18-10-5-4-9-17(18)20(21,22)23/h4-11,13H,3H2,1-2H3,(H,25,27)/b15-13-. The third kappa shape index (κ3) is 5.11. The van der Waals surface area contributed by atoms with E-state index in [0.29, 0.717) is 6.54 Å². The number of hydrogen-bond donors (Lipinski definition) is 1. The predicted octanol–water partition coefficient (Wildman–Crippen LogP) is 4.89. The molecule has 0 aromatic heterocycles. The highest BCUT2D eigenvalue weighted by Gasteiger charge is 2.33. The van der Waals surface area contributed by atoms with E-state index in [0.717, 1.165) is 23.4 Å². The van der Waals surface area contributed by atoms with Gasteiger partial charge in [-0.3, -0.25) is 4.79 Å². The number of rotatable bonds is 5. The lowest BCUT2D eigenvalue weighted by atomic mass is 10.1. The first-order chi connectivity index (χ1) is 12.8. The van der Waals surface area contributed by atoms with E-state index in [1.165, 1.54) is 18.3 Å². The van der Waals surface area contributed by atoms with E-state index < -0.39 is 23.3 Å². The SMILES string of the molecule is CCN(/C=C(/C#N)C(=O)Nc1ccccc1C(F)(F)F)c1cccc(C)c1. The molecule has 0 unspecified atom stereocenters. The van der Waals surface area contributed by atoms with Gasteiger partial charge in [0, 0.05) is 18.4 Å². The fourth-order valence-corrected chi connectivity index (χ4v) is 2.48. The van der Waals surface area contributed by atoms with Crippen LogP contribution in [0.15, 0.2) is 60.3 Å². The van der Waals surface area contributed by atoms with E-state index in [1.807, 2.05) is 38.1 Å². The molecule has 0 saturated heterocycles. The number of carbonyl (C=O) groups is 1. The number of benzene rings is 2. The van der Waals surface area contributed by atoms with Crippen LogP contribution in [0.4, 0.5) is 24.5 Å². The molecule has 2 rings (SSSR count). The average Bonchev–Trinajstić information content (AvgIpc) is 2.62. The van der Waals surface area contributed by atoms with Crippen molar-refractivity contribution in [3.05, 3.63) is 71.4 Å². The van der Waals surface area contributed by atoms with Gasteiger partial charge >= 0.3 is 6.18 Å². The zero-order valence-corrected chi connectivity index (χ0v) is 14.8. The number of carbonyl (C=O) groups excluding carboxylic acids is 1. The quantitative estimate of drug-likeness (QED) is 0.600. The van der Waals surface area contributed by atoms with Crippen molar-refractivity contribution in [3.63, 3.8) is 0 Å². The van der Waals surface area contributed by atoms with Crippen molar-refractivity contribution in [2.45, 2.75) is 20.0 Å². The fourth-order valence-electron chi connectivity index (χ4n) is 2.48. The van der Waals surface area contributed by atoms with Crippen LogP contribution in [0, 0.1) is 18.3 Å². The summed E-state index contributed by atoms with van der Waals surface area (Å²) in [5.41, 5.74) is 0.113. The van der Waals surface area contributed by atoms with Gasteiger partial charge in [0.05, 0.1) is 11.3 Å². The summed E-state index contributed by atoms with van der Waals surface area (Å²) in [4.78, 5) is 14.1. The van der Waals surface area contributed by atoms with Gasteiger partial charge in [0.15, 0.2) is 0 Å². The van der Waals surface area contributed by atoms with E-state index in [1.54, 1.807) is 11.0 Å². The highest BCUT2D eigenvalue weighted by molar-refractivity contribution is 6.07. The molecule has 2 aromatic rings. The van der Waals surface area contributed by atoms with E-state index in [2.05, 4.69) is 5.32 Å². The topological polar surface area (TPSA) is 56.1 Å². The second-order valence-electron chi connectivity index (χ2n) is 5.78. The van der Waals surface area contributed by atoms with Crippen molar-refractivity contribution in [1.82, 2.24) is 0 Å². The molecule has 0 aliphatic rings. The Labute approximate surface area is 155 Å². The third-order valence-corrected chi connectivity index (χ3v) is 3.80. The van der Waals surface area contributed by atoms with Gasteiger partial charge < -0.3 is 10.2 Å². The van der Waals surface area contributed by atoms with Gasteiger partial charge in [-0.1, -0.05) is 24.3 Å². The molecule has 1 amide bonds. The predicted molar refractivity (Wildman–Crippen MR) is 98.0 cm³/mol. The van der Waals surface area contributed by atoms with Crippen molar-refractivity contribution in [3.8, 4) is 6.07 Å². The molecule has 4 nitrogen and oxygen atoms in total. The molecular weight excluding hydrogens is 355 g/mol. The van der Waals surface area contributed by atoms with Crippen LogP contribution in [0.1, 0.15) is 18.1 Å². The zero-order valence-electron chi connectivity index (χ0n) is 14.8. The van der Waals surface area contributed by atoms with Crippen molar-refractivity contribution < 1.29 is 18.0 Å². The van der Waals surface area contributed by atoms with Crippen LogP contribution in [-0.4, -0.2) is 12.5 Å². The highest BCUT2D eigenvalue weighted by Crippen LogP contribution is 2.34. The van der Waals surface area contributed by atoms with Gasteiger partial charge in [0.1, 0.15) is 11.6 Å². The number of halogens is 3. The molecule has 0 spiro atoms. The summed E-state index contributed by atoms with van der Waals surface area (Å²) in [5.74, 6) is -0.902. The minimum absolute atomic E-state index is 0.296. The van der Waals surface area contributed by atoms with Crippen LogP contribution < -0.4 is 10.2 Å². The Bertz CT molecular complexity index is 898. The molecule has 0 atom stereocenters. The minimum Gasteiger partial charge on any atom is -0.347 e. The monoisotopic (exact) mass is 373 g/mol. The van der Waals surface area contributed by atoms with Crippen LogP contribution in [0.3, 0.4) is 0 Å². The number of nitriles is 1. The Morgan fingerprint density at radius 2 is 1.93 bits per heavy atom. The van der Waals surface area contributed by atoms with Crippen molar-refractivity contribution >= 4 is 17.3 Å². The number of nitrogens with zero attached hydrogens (tertiary/aromatic N) is 2. The Hall–Kier alpha value is -3.27. The average molecular weight is 373 g/mol. The van der Waals surface area contributed by atoms with E-state index in [4.69, 9.17) is 0 Å². The Morgan fingerprint density at radius 1 is 1.22 bits per heavy atom. The summed E-state index contributed by atoms with van der Waals surface area (Å²) in [7, 11) is 0. The highest BCUT2D eigenvalue weighted by atomic mass is 19.4. The molecule has 0 saturated carbocycles. The maximum absolute atomic E-state index is 13.1. The molecule has 7 heteroatoms. The van der Waals surface area contributed by atoms with Crippen LogP contribution in [0.25, 0.3) is 0 Å². The first-order valence-corrected chi connectivity index (χ1v) is 8.19. The number of alkyl halides is 3. The van der Waals surface area contributed by atoms with Gasteiger partial charge in [0.25, 0.3) is 5.91 Å². The van der Waals surface area contributed by atoms with Crippen LogP contribution in [0.5, 0.6) is 0 Å². The lowest BCUT2D eigenvalue weighted by Gasteiger charge is -2.19. The van der Waals surface area contributed by atoms with Gasteiger partial charge in [-0.15, -0.1) is 0 Å². The van der Waals surface area contributed by atoms with Crippen LogP contribution in [0.2, 0.25) is 0 Å². The Morgan fingerprint density at radius 3 is 2.52 bits per heavy atom. The summed E-state index contributed by atoms with van der Waals surface area (Å²) < 4.78 is 39.2. The number of para-hydroxylation sites is 1. The first kappa shape index (κ1) is 20.0. The first-order valence-electron chi connectivity index (χ1n) is 8.19. The lowest BCUT2D eigenvalue weighted by molar-refractivity contribution is -0.137. The molecular formula is C20H18F3N3O. The summed E-state index contributed by atoms with van der Waals surface area (Å²) in [6, 6.07) is 13.8. The second-order valence-corrected chi connectivity index (χ2v) is 5.78. The summed E-state index contributed by atoms with van der Waals surface area (Å²) in [6.07, 6.45) is -3.28. The van der Waals surface area contributed by atoms with Crippen molar-refractivity contribution in [2.24, 2.45) is 0 Å². The summed E-state index contributed by atoms with van der Waals surface area (Å²) in [6.45, 7) is 4.22. The maximum atomic E-state index is 13.1. The minimum atomic E-state index is -4.61. The van der Waals surface area contributed by atoms with Crippen LogP contribution >= 0.6 is 0 Å². The number of nitrogens with one attached hydrogen (secondary N) is 1. The largest absolute Gasteiger partial charge is 0.418 e. The van der Waals surface area contributed by atoms with Gasteiger partial charge in [-0.25, -0.2) is 0 Å². The Balaban J connectivity index is 2.31. The molecule has 27 heavy (non-hydrogen) atoms. The van der Waals surface area contributed by atoms with Crippen LogP contribution in [-0.2, 0) is 11.0 Å².